The van der Waals surface area contributed by atoms with E-state index in [1.54, 1.807) is 18.9 Å². The Hall–Kier alpha value is -2.78. The number of carbonyl (C=O) groups excluding carboxylic acids is 1. The molecule has 0 bridgehead atoms. The van der Waals surface area contributed by atoms with E-state index in [9.17, 15) is 23.3 Å². The Labute approximate surface area is 158 Å². The number of amides is 1. The number of sulfonamides is 1. The summed E-state index contributed by atoms with van der Waals surface area (Å²) < 4.78 is 26.5. The minimum Gasteiger partial charge on any atom is -0.291 e. The van der Waals surface area contributed by atoms with Gasteiger partial charge in [0.15, 0.2) is 0 Å². The van der Waals surface area contributed by atoms with Crippen molar-refractivity contribution in [2.45, 2.75) is 25.3 Å². The fraction of sp³-hybridized carbons (Fsp3) is 0.278. The first kappa shape index (κ1) is 20.5. The van der Waals surface area contributed by atoms with Crippen molar-refractivity contribution >= 4 is 21.6 Å². The topological polar surface area (TPSA) is 110 Å². The predicted octanol–water partition coefficient (Wildman–Crippen LogP) is 2.06. The van der Waals surface area contributed by atoms with Crippen molar-refractivity contribution in [3.05, 3.63) is 75.8 Å². The molecule has 144 valence electrons. The predicted molar refractivity (Wildman–Crippen MR) is 101 cm³/mol. The summed E-state index contributed by atoms with van der Waals surface area (Å²) in [7, 11) is -2.18. The zero-order valence-corrected chi connectivity index (χ0v) is 15.8. The Kier molecular flexibility index (Phi) is 6.65. The van der Waals surface area contributed by atoms with E-state index >= 15 is 0 Å². The van der Waals surface area contributed by atoms with Gasteiger partial charge in [0.1, 0.15) is 0 Å². The third-order valence-electron chi connectivity index (χ3n) is 4.08. The highest BCUT2D eigenvalue weighted by atomic mass is 32.2. The van der Waals surface area contributed by atoms with Crippen LogP contribution in [0.5, 0.6) is 0 Å². The lowest BCUT2D eigenvalue weighted by atomic mass is 10.2. The van der Waals surface area contributed by atoms with Gasteiger partial charge in [-0.15, -0.1) is 0 Å². The van der Waals surface area contributed by atoms with E-state index in [0.717, 1.165) is 5.56 Å². The first-order valence-electron chi connectivity index (χ1n) is 8.20. The Morgan fingerprint density at radius 1 is 1.11 bits per heavy atom. The van der Waals surface area contributed by atoms with Crippen LogP contribution in [0.4, 0.5) is 5.69 Å². The minimum atomic E-state index is -3.91. The third kappa shape index (κ3) is 6.15. The van der Waals surface area contributed by atoms with E-state index < -0.39 is 32.6 Å². The number of non-ortho nitro benzene ring substituents is 1. The molecule has 1 N–H and O–H groups in total. The second-order valence-corrected chi connectivity index (χ2v) is 7.95. The second-order valence-electron chi connectivity index (χ2n) is 6.23. The molecule has 2 aromatic rings. The molecule has 0 aliphatic carbocycles. The molecule has 0 aromatic heterocycles. The van der Waals surface area contributed by atoms with Crippen LogP contribution < -0.4 is 4.72 Å². The lowest BCUT2D eigenvalue weighted by molar-refractivity contribution is -0.384. The Morgan fingerprint density at radius 3 is 2.26 bits per heavy atom. The maximum atomic E-state index is 12.3. The molecule has 0 unspecified atom stereocenters. The number of likely N-dealkylation sites (N-methyl/N-ethyl adjacent to an activating group) is 1. The lowest BCUT2D eigenvalue weighted by Gasteiger charge is -2.23. The highest BCUT2D eigenvalue weighted by molar-refractivity contribution is 7.89. The average molecular weight is 391 g/mol. The molecule has 0 saturated heterocycles. The first-order valence-corrected chi connectivity index (χ1v) is 9.85. The average Bonchev–Trinajstić information content (AvgIpc) is 2.61. The molecule has 0 fully saturated rings. The van der Waals surface area contributed by atoms with E-state index in [0.29, 0.717) is 12.1 Å². The summed E-state index contributed by atoms with van der Waals surface area (Å²) in [5.74, 6) is -1.07. The molecule has 0 saturated carbocycles. The highest BCUT2D eigenvalue weighted by Crippen LogP contribution is 2.14. The van der Waals surface area contributed by atoms with Gasteiger partial charge < -0.3 is 0 Å². The van der Waals surface area contributed by atoms with Gasteiger partial charge in [0.2, 0.25) is 15.9 Å². The van der Waals surface area contributed by atoms with Crippen LogP contribution in [0.1, 0.15) is 18.1 Å². The number of hydrogen-bond donors (Lipinski definition) is 1. The second kappa shape index (κ2) is 8.74. The molecule has 8 nitrogen and oxygen atoms in total. The smallest absolute Gasteiger partial charge is 0.269 e. The standard InChI is InChI=1S/C18H21N3O5S/c1-14(20(2)12-15-6-4-3-5-7-15)18(22)19-27(25,26)13-16-8-10-17(11-9-16)21(23)24/h3-11,14H,12-13H2,1-2H3,(H,19,22)/t14-/m0/s1. The summed E-state index contributed by atoms with van der Waals surface area (Å²) in [4.78, 5) is 24.1. The van der Waals surface area contributed by atoms with Gasteiger partial charge in [-0.2, -0.15) is 0 Å². The SMILES string of the molecule is C[C@@H](C(=O)NS(=O)(=O)Cc1ccc([N+](=O)[O-])cc1)N(C)Cc1ccccc1. The van der Waals surface area contributed by atoms with Gasteiger partial charge in [0.05, 0.1) is 16.7 Å². The molecule has 9 heteroatoms. The number of nitrogens with one attached hydrogen (secondary N) is 1. The maximum absolute atomic E-state index is 12.3. The molecule has 0 radical (unpaired) electrons. The molecule has 0 aliphatic heterocycles. The van der Waals surface area contributed by atoms with Crippen LogP contribution in [0, 0.1) is 10.1 Å². The van der Waals surface area contributed by atoms with Crippen LogP contribution in [-0.4, -0.2) is 37.2 Å². The summed E-state index contributed by atoms with van der Waals surface area (Å²) in [6, 6.07) is 14.0. The number of rotatable bonds is 8. The van der Waals surface area contributed by atoms with Crippen molar-refractivity contribution in [3.63, 3.8) is 0 Å². The van der Waals surface area contributed by atoms with Crippen LogP contribution in [0.25, 0.3) is 0 Å². The molecule has 0 spiro atoms. The molecule has 1 atom stereocenters. The number of carbonyl (C=O) groups is 1. The summed E-state index contributed by atoms with van der Waals surface area (Å²) in [5, 5.41) is 10.6. The number of nitro benzene ring substituents is 1. The summed E-state index contributed by atoms with van der Waals surface area (Å²) in [5.41, 5.74) is 1.23. The van der Waals surface area contributed by atoms with Crippen molar-refractivity contribution in [1.82, 2.24) is 9.62 Å². The quantitative estimate of drug-likeness (QED) is 0.545. The van der Waals surface area contributed by atoms with Gasteiger partial charge in [0.25, 0.3) is 5.69 Å². The maximum Gasteiger partial charge on any atom is 0.269 e. The Bertz CT molecular complexity index is 898. The number of nitrogens with zero attached hydrogens (tertiary/aromatic N) is 2. The number of nitro groups is 1. The lowest BCUT2D eigenvalue weighted by Crippen LogP contribution is -2.45. The van der Waals surface area contributed by atoms with Gasteiger partial charge in [-0.3, -0.25) is 24.5 Å². The Morgan fingerprint density at radius 2 is 1.70 bits per heavy atom. The minimum absolute atomic E-state index is 0.128. The molecule has 27 heavy (non-hydrogen) atoms. The zero-order valence-electron chi connectivity index (χ0n) is 15.0. The zero-order chi connectivity index (χ0) is 20.0. The van der Waals surface area contributed by atoms with Crippen LogP contribution in [-0.2, 0) is 27.1 Å². The van der Waals surface area contributed by atoms with Crippen LogP contribution >= 0.6 is 0 Å². The van der Waals surface area contributed by atoms with Gasteiger partial charge in [-0.1, -0.05) is 42.5 Å². The van der Waals surface area contributed by atoms with E-state index in [1.807, 2.05) is 30.3 Å². The summed E-state index contributed by atoms with van der Waals surface area (Å²) >= 11 is 0. The van der Waals surface area contributed by atoms with Gasteiger partial charge in [0, 0.05) is 18.7 Å². The molecule has 0 aliphatic rings. The molecule has 2 rings (SSSR count). The van der Waals surface area contributed by atoms with Crippen LogP contribution in [0.15, 0.2) is 54.6 Å². The van der Waals surface area contributed by atoms with Crippen molar-refractivity contribution in [2.24, 2.45) is 0 Å². The van der Waals surface area contributed by atoms with Crippen molar-refractivity contribution in [1.29, 1.82) is 0 Å². The fourth-order valence-electron chi connectivity index (χ4n) is 2.42. The summed E-state index contributed by atoms with van der Waals surface area (Å²) in [6.07, 6.45) is 0. The van der Waals surface area contributed by atoms with E-state index in [-0.39, 0.29) is 5.69 Å². The van der Waals surface area contributed by atoms with Crippen LogP contribution in [0.3, 0.4) is 0 Å². The number of hydrogen-bond acceptors (Lipinski definition) is 6. The molecule has 2 aromatic carbocycles. The van der Waals surface area contributed by atoms with Gasteiger partial charge >= 0.3 is 0 Å². The van der Waals surface area contributed by atoms with Gasteiger partial charge in [-0.25, -0.2) is 8.42 Å². The highest BCUT2D eigenvalue weighted by Gasteiger charge is 2.23. The van der Waals surface area contributed by atoms with Crippen molar-refractivity contribution < 1.29 is 18.1 Å². The molecular formula is C18H21N3O5S. The monoisotopic (exact) mass is 391 g/mol. The van der Waals surface area contributed by atoms with Crippen molar-refractivity contribution in [3.8, 4) is 0 Å². The van der Waals surface area contributed by atoms with E-state index in [4.69, 9.17) is 0 Å². The Balaban J connectivity index is 1.96. The van der Waals surface area contributed by atoms with Gasteiger partial charge in [-0.05, 0) is 25.1 Å². The molecule has 1 amide bonds. The number of benzene rings is 2. The third-order valence-corrected chi connectivity index (χ3v) is 5.30. The van der Waals surface area contributed by atoms with Crippen LogP contribution in [0.2, 0.25) is 0 Å². The molecular weight excluding hydrogens is 370 g/mol. The molecule has 0 heterocycles. The first-order chi connectivity index (χ1) is 12.7. The summed E-state index contributed by atoms with van der Waals surface area (Å²) in [6.45, 7) is 2.12. The van der Waals surface area contributed by atoms with E-state index in [2.05, 4.69) is 4.72 Å². The largest absolute Gasteiger partial charge is 0.291 e. The van der Waals surface area contributed by atoms with E-state index in [1.165, 1.54) is 24.3 Å². The fourth-order valence-corrected chi connectivity index (χ4v) is 3.60. The normalized spacial score (nSPS) is 12.6. The van der Waals surface area contributed by atoms with Crippen molar-refractivity contribution in [2.75, 3.05) is 7.05 Å².